The van der Waals surface area contributed by atoms with Gasteiger partial charge in [-0.2, -0.15) is 11.8 Å². The molecule has 0 radical (unpaired) electrons. The lowest BCUT2D eigenvalue weighted by Gasteiger charge is -2.33. The van der Waals surface area contributed by atoms with Crippen molar-refractivity contribution in [2.24, 2.45) is 5.73 Å². The van der Waals surface area contributed by atoms with Gasteiger partial charge in [0.2, 0.25) is 0 Å². The summed E-state index contributed by atoms with van der Waals surface area (Å²) < 4.78 is 0.405. The van der Waals surface area contributed by atoms with E-state index in [2.05, 4.69) is 56.5 Å². The highest BCUT2D eigenvalue weighted by Gasteiger charge is 2.30. The Hall–Kier alpha value is -0.0300. The summed E-state index contributed by atoms with van der Waals surface area (Å²) in [6, 6.07) is 5.04. The minimum Gasteiger partial charge on any atom is -0.326 e. The van der Waals surface area contributed by atoms with Crippen LogP contribution in [0.15, 0.2) is 12.1 Å². The fourth-order valence-electron chi connectivity index (χ4n) is 2.70. The van der Waals surface area contributed by atoms with Crippen molar-refractivity contribution in [3.63, 3.8) is 0 Å². The second kappa shape index (κ2) is 6.17. The molecule has 19 heavy (non-hydrogen) atoms. The molecule has 0 saturated carbocycles. The highest BCUT2D eigenvalue weighted by molar-refractivity contribution is 8.00. The first-order chi connectivity index (χ1) is 8.89. The molecule has 2 unspecified atom stereocenters. The Labute approximate surface area is 125 Å². The minimum absolute atomic E-state index is 0.185. The van der Waals surface area contributed by atoms with Crippen LogP contribution in [0.25, 0.3) is 0 Å². The lowest BCUT2D eigenvalue weighted by molar-refractivity contribution is 0.187. The van der Waals surface area contributed by atoms with E-state index >= 15 is 0 Å². The summed E-state index contributed by atoms with van der Waals surface area (Å²) >= 11 is 3.99. The van der Waals surface area contributed by atoms with Crippen LogP contribution in [0.4, 0.5) is 0 Å². The molecule has 2 N–H and O–H groups in total. The van der Waals surface area contributed by atoms with Gasteiger partial charge in [0.05, 0.1) is 6.04 Å². The normalized spacial score (nSPS) is 23.8. The first-order valence-electron chi connectivity index (χ1n) is 7.09. The van der Waals surface area contributed by atoms with Gasteiger partial charge in [0, 0.05) is 39.4 Å². The van der Waals surface area contributed by atoms with E-state index < -0.39 is 0 Å². The Bertz CT molecular complexity index is 412. The molecule has 4 heteroatoms. The average molecular weight is 299 g/mol. The van der Waals surface area contributed by atoms with E-state index in [1.54, 1.807) is 0 Å². The van der Waals surface area contributed by atoms with Crippen LogP contribution in [-0.2, 0) is 0 Å². The Balaban J connectivity index is 2.15. The van der Waals surface area contributed by atoms with Crippen LogP contribution in [0, 0.1) is 6.92 Å². The maximum Gasteiger partial charge on any atom is 0.0591 e. The number of thiophene rings is 1. The van der Waals surface area contributed by atoms with Gasteiger partial charge in [-0.25, -0.2) is 0 Å². The van der Waals surface area contributed by atoms with Crippen molar-refractivity contribution >= 4 is 23.1 Å². The van der Waals surface area contributed by atoms with E-state index in [4.69, 9.17) is 5.73 Å². The van der Waals surface area contributed by atoms with Crippen molar-refractivity contribution in [1.29, 1.82) is 0 Å². The Morgan fingerprint density at radius 3 is 2.63 bits per heavy atom. The largest absolute Gasteiger partial charge is 0.326 e. The van der Waals surface area contributed by atoms with E-state index in [0.717, 1.165) is 13.1 Å². The number of thioether (sulfide) groups is 1. The second-order valence-electron chi connectivity index (χ2n) is 6.15. The van der Waals surface area contributed by atoms with Crippen LogP contribution in [0.1, 0.15) is 43.0 Å². The van der Waals surface area contributed by atoms with Crippen LogP contribution in [-0.4, -0.2) is 34.5 Å². The van der Waals surface area contributed by atoms with Crippen molar-refractivity contribution in [2.45, 2.75) is 50.9 Å². The topological polar surface area (TPSA) is 29.3 Å². The fourth-order valence-corrected chi connectivity index (χ4v) is 4.94. The SMILES string of the molecule is Cc1ccc(C(C(C)N)N2CCSC(C)(C)CC2)s1. The highest BCUT2D eigenvalue weighted by Crippen LogP contribution is 2.36. The van der Waals surface area contributed by atoms with Crippen LogP contribution < -0.4 is 5.73 Å². The molecule has 2 rings (SSSR count). The van der Waals surface area contributed by atoms with Crippen LogP contribution in [0.3, 0.4) is 0 Å². The van der Waals surface area contributed by atoms with Gasteiger partial charge in [0.1, 0.15) is 0 Å². The number of hydrogen-bond donors (Lipinski definition) is 1. The summed E-state index contributed by atoms with van der Waals surface area (Å²) in [5.74, 6) is 1.21. The number of nitrogens with zero attached hydrogens (tertiary/aromatic N) is 1. The molecule has 1 fully saturated rings. The molecule has 2 nitrogen and oxygen atoms in total. The zero-order chi connectivity index (χ0) is 14.0. The molecule has 108 valence electrons. The predicted molar refractivity (Wildman–Crippen MR) is 88.2 cm³/mol. The number of aryl methyl sites for hydroxylation is 1. The standard InChI is InChI=1S/C15H26N2S2/c1-11-5-6-13(19-11)14(12(2)16)17-8-7-15(3,4)18-10-9-17/h5-6,12,14H,7-10,16H2,1-4H3. The third-order valence-corrected chi connectivity index (χ3v) is 6.26. The van der Waals surface area contributed by atoms with E-state index in [0.29, 0.717) is 10.8 Å². The van der Waals surface area contributed by atoms with Gasteiger partial charge >= 0.3 is 0 Å². The Morgan fingerprint density at radius 1 is 1.32 bits per heavy atom. The molecule has 2 atom stereocenters. The van der Waals surface area contributed by atoms with Crippen LogP contribution >= 0.6 is 23.1 Å². The smallest absolute Gasteiger partial charge is 0.0591 e. The second-order valence-corrected chi connectivity index (χ2v) is 9.27. The van der Waals surface area contributed by atoms with Gasteiger partial charge in [-0.3, -0.25) is 4.90 Å². The monoisotopic (exact) mass is 298 g/mol. The van der Waals surface area contributed by atoms with E-state index in [1.165, 1.54) is 21.9 Å². The third kappa shape index (κ3) is 3.97. The van der Waals surface area contributed by atoms with Crippen LogP contribution in [0.5, 0.6) is 0 Å². The van der Waals surface area contributed by atoms with E-state index in [9.17, 15) is 0 Å². The third-order valence-electron chi connectivity index (χ3n) is 3.82. The van der Waals surface area contributed by atoms with Crippen LogP contribution in [0.2, 0.25) is 0 Å². The van der Waals surface area contributed by atoms with Gasteiger partial charge < -0.3 is 5.73 Å². The molecule has 0 aromatic carbocycles. The molecule has 1 aliphatic heterocycles. The summed E-state index contributed by atoms with van der Waals surface area (Å²) in [6.45, 7) is 11.3. The zero-order valence-electron chi connectivity index (χ0n) is 12.5. The Kier molecular flexibility index (Phi) is 4.99. The maximum absolute atomic E-state index is 6.29. The molecule has 1 aromatic heterocycles. The van der Waals surface area contributed by atoms with Gasteiger partial charge in [0.15, 0.2) is 0 Å². The molecule has 2 heterocycles. The molecule has 0 spiro atoms. The molecule has 1 aliphatic rings. The Morgan fingerprint density at radius 2 is 2.05 bits per heavy atom. The number of nitrogens with two attached hydrogens (primary N) is 1. The van der Waals surface area contributed by atoms with E-state index in [1.807, 2.05) is 11.3 Å². The molecular weight excluding hydrogens is 272 g/mol. The first-order valence-corrected chi connectivity index (χ1v) is 8.89. The molecule has 0 aliphatic carbocycles. The van der Waals surface area contributed by atoms with E-state index in [-0.39, 0.29) is 6.04 Å². The van der Waals surface area contributed by atoms with Crippen molar-refractivity contribution in [1.82, 2.24) is 4.90 Å². The first kappa shape index (κ1) is 15.4. The number of hydrogen-bond acceptors (Lipinski definition) is 4. The average Bonchev–Trinajstić information content (AvgIpc) is 2.63. The quantitative estimate of drug-likeness (QED) is 0.923. The van der Waals surface area contributed by atoms with Gasteiger partial charge in [0.25, 0.3) is 0 Å². The minimum atomic E-state index is 0.185. The van der Waals surface area contributed by atoms with Gasteiger partial charge in [-0.1, -0.05) is 13.8 Å². The zero-order valence-corrected chi connectivity index (χ0v) is 14.1. The molecular formula is C15H26N2S2. The maximum atomic E-state index is 6.29. The molecule has 0 bridgehead atoms. The van der Waals surface area contributed by atoms with Gasteiger partial charge in [-0.05, 0) is 32.4 Å². The summed E-state index contributed by atoms with van der Waals surface area (Å²) in [5, 5.41) is 0. The summed E-state index contributed by atoms with van der Waals surface area (Å²) in [7, 11) is 0. The molecule has 1 saturated heterocycles. The molecule has 0 amide bonds. The lowest BCUT2D eigenvalue weighted by Crippen LogP contribution is -2.40. The van der Waals surface area contributed by atoms with Crippen molar-refractivity contribution in [3.8, 4) is 0 Å². The fraction of sp³-hybridized carbons (Fsp3) is 0.733. The molecule has 1 aromatic rings. The summed E-state index contributed by atoms with van der Waals surface area (Å²) in [5.41, 5.74) is 6.29. The van der Waals surface area contributed by atoms with Crippen molar-refractivity contribution < 1.29 is 0 Å². The van der Waals surface area contributed by atoms with Gasteiger partial charge in [-0.15, -0.1) is 11.3 Å². The predicted octanol–water partition coefficient (Wildman–Crippen LogP) is 3.66. The lowest BCUT2D eigenvalue weighted by atomic mass is 10.0. The summed E-state index contributed by atoms with van der Waals surface area (Å²) in [4.78, 5) is 5.40. The van der Waals surface area contributed by atoms with Crippen molar-refractivity contribution in [2.75, 3.05) is 18.8 Å². The van der Waals surface area contributed by atoms with Crippen molar-refractivity contribution in [3.05, 3.63) is 21.9 Å². The summed E-state index contributed by atoms with van der Waals surface area (Å²) in [6.07, 6.45) is 1.24. The number of rotatable bonds is 3. The highest BCUT2D eigenvalue weighted by atomic mass is 32.2.